The summed E-state index contributed by atoms with van der Waals surface area (Å²) < 4.78 is 22.1. The fourth-order valence-electron chi connectivity index (χ4n) is 1.52. The summed E-state index contributed by atoms with van der Waals surface area (Å²) >= 11 is 6.08. The highest BCUT2D eigenvalue weighted by Gasteiger charge is 2.38. The van der Waals surface area contributed by atoms with Gasteiger partial charge in [0.25, 0.3) is 0 Å². The van der Waals surface area contributed by atoms with E-state index in [4.69, 9.17) is 11.6 Å². The Morgan fingerprint density at radius 2 is 1.94 bits per heavy atom. The molecule has 0 bridgehead atoms. The molecule has 102 valence electrons. The zero-order valence-corrected chi connectivity index (χ0v) is 12.6. The molecule has 0 fully saturated rings. The van der Waals surface area contributed by atoms with Gasteiger partial charge in [-0.2, -0.15) is 0 Å². The number of benzene rings is 1. The summed E-state index contributed by atoms with van der Waals surface area (Å²) in [5, 5.41) is 10.7. The van der Waals surface area contributed by atoms with E-state index in [1.807, 2.05) is 19.1 Å². The Balaban J connectivity index is 2.98. The Morgan fingerprint density at radius 3 is 2.39 bits per heavy atom. The highest BCUT2D eigenvalue weighted by atomic mass is 35.5. The highest BCUT2D eigenvalue weighted by Crippen LogP contribution is 2.26. The van der Waals surface area contributed by atoms with Crippen molar-refractivity contribution in [3.05, 3.63) is 34.3 Å². The summed E-state index contributed by atoms with van der Waals surface area (Å²) in [4.78, 5) is 0. The number of aliphatic hydroxyl groups is 1. The van der Waals surface area contributed by atoms with Crippen LogP contribution in [0.4, 0.5) is 0 Å². The van der Waals surface area contributed by atoms with Gasteiger partial charge in [-0.1, -0.05) is 23.7 Å². The molecule has 1 aromatic rings. The van der Waals surface area contributed by atoms with Crippen LogP contribution >= 0.6 is 11.6 Å². The zero-order valence-electron chi connectivity index (χ0n) is 11.1. The van der Waals surface area contributed by atoms with E-state index in [1.165, 1.54) is 13.8 Å². The van der Waals surface area contributed by atoms with E-state index < -0.39 is 20.7 Å². The molecule has 0 aliphatic heterocycles. The quantitative estimate of drug-likeness (QED) is 0.926. The van der Waals surface area contributed by atoms with E-state index in [0.29, 0.717) is 5.02 Å². The van der Waals surface area contributed by atoms with Crippen molar-refractivity contribution in [2.45, 2.75) is 38.0 Å². The van der Waals surface area contributed by atoms with Crippen LogP contribution in [-0.4, -0.2) is 30.6 Å². The standard InChI is InChI=1S/C13H19ClO3S/c1-9-5-6-10(11(14)7-9)8-12(15)13(2,3)18(4,16)17/h5-7,12,15H,8H2,1-4H3. The highest BCUT2D eigenvalue weighted by molar-refractivity contribution is 7.92. The Bertz CT molecular complexity index is 535. The van der Waals surface area contributed by atoms with Gasteiger partial charge in [0.2, 0.25) is 0 Å². The van der Waals surface area contributed by atoms with Gasteiger partial charge in [0.05, 0.1) is 10.9 Å². The lowest BCUT2D eigenvalue weighted by Crippen LogP contribution is -2.44. The minimum Gasteiger partial charge on any atom is -0.391 e. The molecular weight excluding hydrogens is 272 g/mol. The fourth-order valence-corrected chi connectivity index (χ4v) is 2.41. The molecule has 0 saturated carbocycles. The van der Waals surface area contributed by atoms with Gasteiger partial charge in [-0.05, 0) is 38.0 Å². The van der Waals surface area contributed by atoms with Crippen molar-refractivity contribution < 1.29 is 13.5 Å². The molecule has 1 atom stereocenters. The van der Waals surface area contributed by atoms with Crippen LogP contribution in [0.5, 0.6) is 0 Å². The van der Waals surface area contributed by atoms with Gasteiger partial charge >= 0.3 is 0 Å². The van der Waals surface area contributed by atoms with Crippen LogP contribution in [0.1, 0.15) is 25.0 Å². The summed E-state index contributed by atoms with van der Waals surface area (Å²) in [5.74, 6) is 0. The van der Waals surface area contributed by atoms with Gasteiger partial charge in [-0.15, -0.1) is 0 Å². The molecule has 0 heterocycles. The lowest BCUT2D eigenvalue weighted by Gasteiger charge is -2.28. The van der Waals surface area contributed by atoms with Crippen molar-refractivity contribution in [1.29, 1.82) is 0 Å². The van der Waals surface area contributed by atoms with Crippen molar-refractivity contribution in [2.75, 3.05) is 6.26 Å². The molecule has 0 aliphatic rings. The van der Waals surface area contributed by atoms with Crippen molar-refractivity contribution in [2.24, 2.45) is 0 Å². The van der Waals surface area contributed by atoms with Gasteiger partial charge in [-0.3, -0.25) is 0 Å². The minimum atomic E-state index is -3.34. The van der Waals surface area contributed by atoms with E-state index in [2.05, 4.69) is 0 Å². The predicted octanol–water partition coefficient (Wildman–Crippen LogP) is 2.38. The first-order valence-corrected chi connectivity index (χ1v) is 7.95. The van der Waals surface area contributed by atoms with Gasteiger partial charge < -0.3 is 5.11 Å². The van der Waals surface area contributed by atoms with Crippen molar-refractivity contribution >= 4 is 21.4 Å². The molecule has 3 nitrogen and oxygen atoms in total. The molecular formula is C13H19ClO3S. The molecule has 1 N–H and O–H groups in total. The van der Waals surface area contributed by atoms with Crippen LogP contribution in [0.25, 0.3) is 0 Å². The maximum absolute atomic E-state index is 11.6. The molecule has 5 heteroatoms. The van der Waals surface area contributed by atoms with E-state index in [0.717, 1.165) is 17.4 Å². The van der Waals surface area contributed by atoms with E-state index in [9.17, 15) is 13.5 Å². The average molecular weight is 291 g/mol. The third-order valence-corrected chi connectivity index (χ3v) is 5.92. The van der Waals surface area contributed by atoms with Crippen LogP contribution in [0.15, 0.2) is 18.2 Å². The van der Waals surface area contributed by atoms with Gasteiger partial charge in [0.15, 0.2) is 9.84 Å². The van der Waals surface area contributed by atoms with Gasteiger partial charge in [0.1, 0.15) is 0 Å². The van der Waals surface area contributed by atoms with Crippen LogP contribution < -0.4 is 0 Å². The smallest absolute Gasteiger partial charge is 0.155 e. The maximum atomic E-state index is 11.6. The van der Waals surface area contributed by atoms with E-state index in [-0.39, 0.29) is 6.42 Å². The second-order valence-electron chi connectivity index (χ2n) is 5.19. The number of aliphatic hydroxyl groups excluding tert-OH is 1. The Kier molecular flexibility index (Phi) is 4.47. The lowest BCUT2D eigenvalue weighted by atomic mass is 9.98. The number of sulfone groups is 1. The summed E-state index contributed by atoms with van der Waals surface area (Å²) in [6.07, 6.45) is 0.360. The van der Waals surface area contributed by atoms with Gasteiger partial charge in [-0.25, -0.2) is 8.42 Å². The monoisotopic (exact) mass is 290 g/mol. The fraction of sp³-hybridized carbons (Fsp3) is 0.538. The van der Waals surface area contributed by atoms with Crippen LogP contribution in [0, 0.1) is 6.92 Å². The summed E-state index contributed by atoms with van der Waals surface area (Å²) in [5.41, 5.74) is 1.78. The van der Waals surface area contributed by atoms with Crippen molar-refractivity contribution in [3.63, 3.8) is 0 Å². The summed E-state index contributed by atoms with van der Waals surface area (Å²) in [6, 6.07) is 5.51. The molecule has 0 radical (unpaired) electrons. The second-order valence-corrected chi connectivity index (χ2v) is 8.19. The third kappa shape index (κ3) is 3.25. The topological polar surface area (TPSA) is 54.4 Å². The number of hydrogen-bond donors (Lipinski definition) is 1. The molecule has 1 unspecified atom stereocenters. The van der Waals surface area contributed by atoms with Crippen molar-refractivity contribution in [3.8, 4) is 0 Å². The Morgan fingerprint density at radius 1 is 1.39 bits per heavy atom. The minimum absolute atomic E-state index is 0.221. The SMILES string of the molecule is Cc1ccc(CC(O)C(C)(C)S(C)(=O)=O)c(Cl)c1. The maximum Gasteiger partial charge on any atom is 0.155 e. The summed E-state index contributed by atoms with van der Waals surface area (Å²) in [7, 11) is -3.34. The number of aryl methyl sites for hydroxylation is 1. The number of hydrogen-bond acceptors (Lipinski definition) is 3. The first-order valence-electron chi connectivity index (χ1n) is 5.68. The Labute approximate surface area is 114 Å². The molecule has 0 aromatic heterocycles. The molecule has 1 rings (SSSR count). The predicted molar refractivity (Wildman–Crippen MR) is 74.8 cm³/mol. The molecule has 18 heavy (non-hydrogen) atoms. The summed E-state index contributed by atoms with van der Waals surface area (Å²) in [6.45, 7) is 4.97. The molecule has 0 saturated heterocycles. The number of halogens is 1. The number of rotatable bonds is 4. The molecule has 0 aliphatic carbocycles. The van der Waals surface area contributed by atoms with Crippen LogP contribution in [0.3, 0.4) is 0 Å². The van der Waals surface area contributed by atoms with E-state index >= 15 is 0 Å². The largest absolute Gasteiger partial charge is 0.391 e. The molecule has 0 spiro atoms. The van der Waals surface area contributed by atoms with Crippen LogP contribution in [0.2, 0.25) is 5.02 Å². The third-order valence-electron chi connectivity index (χ3n) is 3.38. The Hall–Kier alpha value is -0.580. The second kappa shape index (κ2) is 5.19. The molecule has 0 amide bonds. The van der Waals surface area contributed by atoms with Gasteiger partial charge in [0, 0.05) is 17.7 Å². The normalized spacial score (nSPS) is 14.6. The zero-order chi connectivity index (χ0) is 14.1. The van der Waals surface area contributed by atoms with Crippen LogP contribution in [-0.2, 0) is 16.3 Å². The average Bonchev–Trinajstić information content (AvgIpc) is 2.20. The lowest BCUT2D eigenvalue weighted by molar-refractivity contribution is 0.138. The first-order chi connectivity index (χ1) is 8.05. The van der Waals surface area contributed by atoms with E-state index in [1.54, 1.807) is 6.07 Å². The first kappa shape index (κ1) is 15.5. The molecule has 1 aromatic carbocycles. The van der Waals surface area contributed by atoms with Crippen molar-refractivity contribution in [1.82, 2.24) is 0 Å².